The highest BCUT2D eigenvalue weighted by Crippen LogP contribution is 2.35. The summed E-state index contributed by atoms with van der Waals surface area (Å²) in [6.45, 7) is 0. The fourth-order valence-electron chi connectivity index (χ4n) is 1.75. The van der Waals surface area contributed by atoms with Crippen molar-refractivity contribution in [2.75, 3.05) is 0 Å². The van der Waals surface area contributed by atoms with Gasteiger partial charge in [-0.25, -0.2) is 4.98 Å². The van der Waals surface area contributed by atoms with Crippen LogP contribution in [0.2, 0.25) is 5.02 Å². The molecule has 0 radical (unpaired) electrons. The van der Waals surface area contributed by atoms with E-state index in [-0.39, 0.29) is 24.2 Å². The van der Waals surface area contributed by atoms with Gasteiger partial charge in [0.05, 0.1) is 12.1 Å². The van der Waals surface area contributed by atoms with Gasteiger partial charge in [0.25, 0.3) is 0 Å². The molecular formula is C10H10ClN2O5P. The normalized spacial score (nSPS) is 11.9. The zero-order chi connectivity index (χ0) is 14.2. The molecule has 0 aliphatic carbocycles. The maximum atomic E-state index is 11.4. The van der Waals surface area contributed by atoms with Crippen LogP contribution in [0.5, 0.6) is 0 Å². The molecular weight excluding hydrogens is 295 g/mol. The highest BCUT2D eigenvalue weighted by atomic mass is 35.5. The summed E-state index contributed by atoms with van der Waals surface area (Å²) in [5.74, 6) is -1.06. The number of fused-ring (bicyclic) bond motifs is 1. The predicted molar refractivity (Wildman–Crippen MR) is 67.8 cm³/mol. The van der Waals surface area contributed by atoms with Crippen molar-refractivity contribution in [3.63, 3.8) is 0 Å². The maximum Gasteiger partial charge on any atom is 0.376 e. The van der Waals surface area contributed by atoms with Crippen LogP contribution in [0, 0.1) is 0 Å². The second-order valence-electron chi connectivity index (χ2n) is 3.89. The molecule has 3 N–H and O–H groups in total. The van der Waals surface area contributed by atoms with E-state index in [2.05, 4.69) is 4.98 Å². The summed E-state index contributed by atoms with van der Waals surface area (Å²) >= 11 is 5.78. The Labute approximate surface area is 112 Å². The Bertz CT molecular complexity index is 693. The molecule has 19 heavy (non-hydrogen) atoms. The summed E-state index contributed by atoms with van der Waals surface area (Å²) in [4.78, 5) is 33.0. The van der Waals surface area contributed by atoms with Gasteiger partial charge >= 0.3 is 13.6 Å². The lowest BCUT2D eigenvalue weighted by atomic mass is 10.2. The third kappa shape index (κ3) is 2.96. The van der Waals surface area contributed by atoms with E-state index in [1.807, 2.05) is 0 Å². The number of carbonyl (C=O) groups is 1. The Hall–Kier alpha value is -1.40. The van der Waals surface area contributed by atoms with Gasteiger partial charge in [-0.1, -0.05) is 11.6 Å². The number of carboxylic acids is 1. The maximum absolute atomic E-state index is 11.4. The number of pyridine rings is 1. The van der Waals surface area contributed by atoms with Gasteiger partial charge in [-0.15, -0.1) is 0 Å². The number of nitrogens with zero attached hydrogens (tertiary/aromatic N) is 2. The minimum Gasteiger partial charge on any atom is -0.481 e. The van der Waals surface area contributed by atoms with Gasteiger partial charge < -0.3 is 19.3 Å². The average Bonchev–Trinajstić information content (AvgIpc) is 2.63. The summed E-state index contributed by atoms with van der Waals surface area (Å²) in [6.07, 6.45) is 1.23. The summed E-state index contributed by atoms with van der Waals surface area (Å²) in [5.41, 5.74) is 0.0460. The van der Waals surface area contributed by atoms with Crippen molar-refractivity contribution in [3.05, 3.63) is 29.0 Å². The van der Waals surface area contributed by atoms with Crippen molar-refractivity contribution >= 4 is 36.2 Å². The van der Waals surface area contributed by atoms with E-state index in [0.717, 1.165) is 0 Å². The number of aromatic nitrogens is 2. The molecule has 0 saturated heterocycles. The molecule has 0 saturated carbocycles. The summed E-state index contributed by atoms with van der Waals surface area (Å²) in [7, 11) is -4.57. The monoisotopic (exact) mass is 304 g/mol. The molecule has 0 aromatic carbocycles. The first-order valence-corrected chi connectivity index (χ1v) is 7.22. The van der Waals surface area contributed by atoms with Crippen LogP contribution in [-0.4, -0.2) is 30.2 Å². The molecule has 2 heterocycles. The third-order valence-corrected chi connectivity index (χ3v) is 3.66. The summed E-state index contributed by atoms with van der Waals surface area (Å²) < 4.78 is 12.8. The molecule has 7 nitrogen and oxygen atoms in total. The number of hydrogen-bond acceptors (Lipinski definition) is 3. The molecule has 0 spiro atoms. The fraction of sp³-hybridized carbons (Fsp3) is 0.200. The lowest BCUT2D eigenvalue weighted by molar-refractivity contribution is -0.136. The Morgan fingerprint density at radius 1 is 1.47 bits per heavy atom. The van der Waals surface area contributed by atoms with Gasteiger partial charge in [0.1, 0.15) is 5.65 Å². The van der Waals surface area contributed by atoms with E-state index < -0.39 is 19.0 Å². The van der Waals surface area contributed by atoms with Gasteiger partial charge in [0.15, 0.2) is 5.44 Å². The largest absolute Gasteiger partial charge is 0.481 e. The molecule has 102 valence electrons. The molecule has 2 rings (SSSR count). The topological polar surface area (TPSA) is 112 Å². The van der Waals surface area contributed by atoms with Crippen LogP contribution in [0.25, 0.3) is 5.65 Å². The van der Waals surface area contributed by atoms with E-state index >= 15 is 0 Å². The standard InChI is InChI=1S/C10H10ClN2O5P/c11-6-3-4-13-7(1-2-9(14)15)10(19(16,17)18)12-8(13)5-6/h3-5H,1-2H2,(H,14,15)(H2,16,17,18). The number of carboxylic acid groups (broad SMARTS) is 1. The molecule has 0 amide bonds. The average molecular weight is 305 g/mol. The molecule has 0 unspecified atom stereocenters. The van der Waals surface area contributed by atoms with E-state index in [1.165, 1.54) is 22.7 Å². The molecule has 0 fully saturated rings. The summed E-state index contributed by atoms with van der Waals surface area (Å²) in [6, 6.07) is 2.98. The van der Waals surface area contributed by atoms with Crippen LogP contribution in [-0.2, 0) is 15.8 Å². The Morgan fingerprint density at radius 3 is 2.74 bits per heavy atom. The van der Waals surface area contributed by atoms with Crippen molar-refractivity contribution in [2.24, 2.45) is 0 Å². The zero-order valence-corrected chi connectivity index (χ0v) is 11.2. The molecule has 0 atom stereocenters. The van der Waals surface area contributed by atoms with E-state index in [4.69, 9.17) is 16.7 Å². The molecule has 0 aliphatic heterocycles. The zero-order valence-electron chi connectivity index (χ0n) is 9.52. The van der Waals surface area contributed by atoms with Crippen LogP contribution in [0.1, 0.15) is 12.1 Å². The molecule has 0 aliphatic rings. The highest BCUT2D eigenvalue weighted by Gasteiger charge is 2.27. The van der Waals surface area contributed by atoms with Crippen molar-refractivity contribution < 1.29 is 24.3 Å². The van der Waals surface area contributed by atoms with Gasteiger partial charge in [-0.2, -0.15) is 0 Å². The Morgan fingerprint density at radius 2 is 2.16 bits per heavy atom. The summed E-state index contributed by atoms with van der Waals surface area (Å²) in [5, 5.41) is 9.05. The van der Waals surface area contributed by atoms with Crippen molar-refractivity contribution in [1.29, 1.82) is 0 Å². The van der Waals surface area contributed by atoms with E-state index in [0.29, 0.717) is 5.02 Å². The quantitative estimate of drug-likeness (QED) is 0.721. The minimum atomic E-state index is -4.57. The lowest BCUT2D eigenvalue weighted by Gasteiger charge is -2.04. The van der Waals surface area contributed by atoms with Crippen LogP contribution >= 0.6 is 19.2 Å². The number of aryl methyl sites for hydroxylation is 1. The van der Waals surface area contributed by atoms with Crippen molar-refractivity contribution in [2.45, 2.75) is 12.8 Å². The number of aliphatic carboxylic acids is 1. The van der Waals surface area contributed by atoms with Crippen molar-refractivity contribution in [3.8, 4) is 0 Å². The number of rotatable bonds is 4. The first-order chi connectivity index (χ1) is 8.79. The van der Waals surface area contributed by atoms with Crippen LogP contribution in [0.3, 0.4) is 0 Å². The first kappa shape index (κ1) is 14.0. The number of imidazole rings is 1. The van der Waals surface area contributed by atoms with Gasteiger partial charge in [0, 0.05) is 23.7 Å². The van der Waals surface area contributed by atoms with Gasteiger partial charge in [0.2, 0.25) is 0 Å². The molecule has 9 heteroatoms. The third-order valence-electron chi connectivity index (χ3n) is 2.52. The molecule has 2 aromatic rings. The first-order valence-electron chi connectivity index (χ1n) is 5.23. The highest BCUT2D eigenvalue weighted by molar-refractivity contribution is 7.60. The predicted octanol–water partition coefficient (Wildman–Crippen LogP) is 0.808. The second kappa shape index (κ2) is 4.94. The second-order valence-corrected chi connectivity index (χ2v) is 5.84. The molecule has 0 bridgehead atoms. The van der Waals surface area contributed by atoms with E-state index in [9.17, 15) is 19.1 Å². The molecule has 2 aromatic heterocycles. The van der Waals surface area contributed by atoms with Crippen LogP contribution < -0.4 is 5.44 Å². The smallest absolute Gasteiger partial charge is 0.376 e. The fourth-order valence-corrected chi connectivity index (χ4v) is 2.69. The van der Waals surface area contributed by atoms with Crippen LogP contribution in [0.4, 0.5) is 0 Å². The Balaban J connectivity index is 2.61. The Kier molecular flexibility index (Phi) is 3.64. The number of hydrogen-bond donors (Lipinski definition) is 3. The van der Waals surface area contributed by atoms with Crippen molar-refractivity contribution in [1.82, 2.24) is 9.38 Å². The SMILES string of the molecule is O=C(O)CCc1c(P(=O)(O)O)nc2cc(Cl)ccn12. The lowest BCUT2D eigenvalue weighted by Crippen LogP contribution is -2.13. The van der Waals surface area contributed by atoms with Crippen LogP contribution in [0.15, 0.2) is 18.3 Å². The van der Waals surface area contributed by atoms with Gasteiger partial charge in [-0.05, 0) is 6.07 Å². The van der Waals surface area contributed by atoms with Gasteiger partial charge in [-0.3, -0.25) is 9.36 Å². The van der Waals surface area contributed by atoms with E-state index in [1.54, 1.807) is 0 Å². The minimum absolute atomic E-state index is 0.0292. The number of halogens is 1.